The maximum Gasteiger partial charge on any atom is 0.164 e. The van der Waals surface area contributed by atoms with Crippen molar-refractivity contribution in [2.45, 2.75) is 20.3 Å². The molecule has 0 N–H and O–H groups in total. The molecule has 3 aromatic rings. The fourth-order valence-corrected chi connectivity index (χ4v) is 2.77. The smallest absolute Gasteiger partial charge is 0.164 e. The summed E-state index contributed by atoms with van der Waals surface area (Å²) in [6, 6.07) is 9.88. The van der Waals surface area contributed by atoms with Crippen molar-refractivity contribution < 1.29 is 0 Å². The predicted molar refractivity (Wildman–Crippen MR) is 87.8 cm³/mol. The van der Waals surface area contributed by atoms with E-state index in [0.717, 1.165) is 33.9 Å². The second kappa shape index (κ2) is 5.66. The van der Waals surface area contributed by atoms with Gasteiger partial charge in [-0.2, -0.15) is 0 Å². The lowest BCUT2D eigenvalue weighted by Crippen LogP contribution is -2.04. The molecule has 0 aliphatic carbocycles. The van der Waals surface area contributed by atoms with Crippen molar-refractivity contribution in [3.8, 4) is 5.69 Å². The van der Waals surface area contributed by atoms with E-state index in [1.54, 1.807) is 0 Å². The summed E-state index contributed by atoms with van der Waals surface area (Å²) in [5, 5.41) is 0.680. The van der Waals surface area contributed by atoms with Gasteiger partial charge in [0, 0.05) is 18.0 Å². The average molecular weight is 320 g/mol. The van der Waals surface area contributed by atoms with E-state index in [1.165, 1.54) is 0 Å². The molecular formula is C16H15Cl2N3. The number of benzene rings is 1. The van der Waals surface area contributed by atoms with Crippen molar-refractivity contribution in [2.24, 2.45) is 0 Å². The number of hydrogen-bond acceptors (Lipinski definition) is 2. The van der Waals surface area contributed by atoms with Gasteiger partial charge < -0.3 is 0 Å². The molecule has 0 bridgehead atoms. The van der Waals surface area contributed by atoms with Gasteiger partial charge >= 0.3 is 0 Å². The van der Waals surface area contributed by atoms with E-state index in [9.17, 15) is 0 Å². The summed E-state index contributed by atoms with van der Waals surface area (Å²) in [5.74, 6) is 1.39. The zero-order chi connectivity index (χ0) is 15.0. The molecule has 5 heteroatoms. The number of fused-ring (bicyclic) bond motifs is 1. The molecule has 0 spiro atoms. The normalized spacial score (nSPS) is 11.2. The number of pyridine rings is 1. The number of nitrogens with zero attached hydrogens (tertiary/aromatic N) is 3. The van der Waals surface area contributed by atoms with Gasteiger partial charge in [0.2, 0.25) is 0 Å². The maximum atomic E-state index is 6.39. The molecule has 3 rings (SSSR count). The van der Waals surface area contributed by atoms with Gasteiger partial charge in [-0.25, -0.2) is 9.97 Å². The van der Waals surface area contributed by atoms with Crippen LogP contribution in [0.2, 0.25) is 5.02 Å². The highest BCUT2D eigenvalue weighted by molar-refractivity contribution is 6.32. The molecule has 108 valence electrons. The van der Waals surface area contributed by atoms with Gasteiger partial charge in [0.15, 0.2) is 5.65 Å². The third kappa shape index (κ3) is 2.63. The van der Waals surface area contributed by atoms with Crippen LogP contribution in [-0.2, 0) is 6.42 Å². The third-order valence-electron chi connectivity index (χ3n) is 3.37. The summed E-state index contributed by atoms with van der Waals surface area (Å²) >= 11 is 12.3. The molecule has 21 heavy (non-hydrogen) atoms. The Bertz CT molecular complexity index is 809. The highest BCUT2D eigenvalue weighted by Gasteiger charge is 2.15. The highest BCUT2D eigenvalue weighted by atomic mass is 35.5. The minimum absolute atomic E-state index is 0.506. The van der Waals surface area contributed by atoms with Crippen LogP contribution in [0.1, 0.15) is 17.1 Å². The van der Waals surface area contributed by atoms with Crippen LogP contribution in [0.5, 0.6) is 0 Å². The van der Waals surface area contributed by atoms with E-state index in [2.05, 4.69) is 9.97 Å². The number of aromatic nitrogens is 3. The molecule has 0 aliphatic heterocycles. The predicted octanol–water partition coefficient (Wildman–Crippen LogP) is 4.47. The maximum absolute atomic E-state index is 6.39. The highest BCUT2D eigenvalue weighted by Crippen LogP contribution is 2.27. The van der Waals surface area contributed by atoms with Gasteiger partial charge in [-0.05, 0) is 43.7 Å². The second-order valence-corrected chi connectivity index (χ2v) is 5.84. The second-order valence-electron chi connectivity index (χ2n) is 5.05. The Morgan fingerprint density at radius 3 is 2.67 bits per heavy atom. The minimum atomic E-state index is 0.506. The number of rotatable bonds is 3. The molecule has 3 nitrogen and oxygen atoms in total. The van der Waals surface area contributed by atoms with E-state index in [4.69, 9.17) is 23.2 Å². The van der Waals surface area contributed by atoms with Crippen molar-refractivity contribution in [3.05, 3.63) is 52.4 Å². The molecule has 1 aromatic carbocycles. The van der Waals surface area contributed by atoms with Crippen molar-refractivity contribution in [2.75, 3.05) is 5.88 Å². The molecule has 0 unspecified atom stereocenters. The van der Waals surface area contributed by atoms with Crippen LogP contribution < -0.4 is 0 Å². The van der Waals surface area contributed by atoms with Crippen molar-refractivity contribution in [1.29, 1.82) is 0 Å². The third-order valence-corrected chi connectivity index (χ3v) is 3.88. The number of halogens is 2. The lowest BCUT2D eigenvalue weighted by molar-refractivity contribution is 0.903. The summed E-state index contributed by atoms with van der Waals surface area (Å²) in [4.78, 5) is 9.27. The first-order valence-electron chi connectivity index (χ1n) is 6.77. The Balaban J connectivity index is 2.35. The van der Waals surface area contributed by atoms with Gasteiger partial charge in [-0.3, -0.25) is 4.57 Å². The SMILES string of the molecule is Cc1ccc(Cl)c(-n2c(CCCl)nc3ccc(C)nc32)c1. The fourth-order valence-electron chi connectivity index (χ4n) is 2.40. The van der Waals surface area contributed by atoms with Gasteiger partial charge in [-0.15, -0.1) is 11.6 Å². The van der Waals surface area contributed by atoms with Crippen LogP contribution in [0.15, 0.2) is 30.3 Å². The Labute approximate surface area is 133 Å². The number of hydrogen-bond donors (Lipinski definition) is 0. The van der Waals surface area contributed by atoms with Crippen LogP contribution >= 0.6 is 23.2 Å². The molecule has 0 aliphatic rings. The fraction of sp³-hybridized carbons (Fsp3) is 0.250. The van der Waals surface area contributed by atoms with Gasteiger partial charge in [0.05, 0.1) is 10.7 Å². The lowest BCUT2D eigenvalue weighted by Gasteiger charge is -2.11. The van der Waals surface area contributed by atoms with Gasteiger partial charge in [0.1, 0.15) is 11.3 Å². The van der Waals surface area contributed by atoms with E-state index in [1.807, 2.05) is 48.7 Å². The van der Waals surface area contributed by atoms with Crippen LogP contribution in [0, 0.1) is 13.8 Å². The van der Waals surface area contributed by atoms with E-state index in [-0.39, 0.29) is 0 Å². The van der Waals surface area contributed by atoms with Crippen LogP contribution in [-0.4, -0.2) is 20.4 Å². The Hall–Kier alpha value is -1.58. The molecule has 0 saturated carbocycles. The Morgan fingerprint density at radius 1 is 1.10 bits per heavy atom. The minimum Gasteiger partial charge on any atom is -0.279 e. The van der Waals surface area contributed by atoms with Crippen LogP contribution in [0.3, 0.4) is 0 Å². The molecule has 0 atom stereocenters. The van der Waals surface area contributed by atoms with Crippen molar-refractivity contribution in [1.82, 2.24) is 14.5 Å². The quantitative estimate of drug-likeness (QED) is 0.667. The van der Waals surface area contributed by atoms with E-state index in [0.29, 0.717) is 17.3 Å². The summed E-state index contributed by atoms with van der Waals surface area (Å²) in [5.41, 5.74) is 4.67. The molecule has 2 aromatic heterocycles. The Morgan fingerprint density at radius 2 is 1.90 bits per heavy atom. The first kappa shape index (κ1) is 14.4. The van der Waals surface area contributed by atoms with E-state index >= 15 is 0 Å². The zero-order valence-corrected chi connectivity index (χ0v) is 13.4. The standard InChI is InChI=1S/C16H15Cl2N3/c1-10-3-5-12(18)14(9-10)21-15(7-8-17)20-13-6-4-11(2)19-16(13)21/h3-6,9H,7-8H2,1-2H3. The molecule has 0 amide bonds. The summed E-state index contributed by atoms with van der Waals surface area (Å²) in [7, 11) is 0. The lowest BCUT2D eigenvalue weighted by atomic mass is 10.2. The van der Waals surface area contributed by atoms with Crippen molar-refractivity contribution >= 4 is 34.4 Å². The van der Waals surface area contributed by atoms with Gasteiger partial charge in [-0.1, -0.05) is 17.7 Å². The number of aryl methyl sites for hydroxylation is 3. The van der Waals surface area contributed by atoms with Crippen LogP contribution in [0.25, 0.3) is 16.9 Å². The van der Waals surface area contributed by atoms with Crippen molar-refractivity contribution in [3.63, 3.8) is 0 Å². The summed E-state index contributed by atoms with van der Waals surface area (Å²) < 4.78 is 2.01. The number of alkyl halides is 1. The Kier molecular flexibility index (Phi) is 3.87. The topological polar surface area (TPSA) is 30.7 Å². The summed E-state index contributed by atoms with van der Waals surface area (Å²) in [6.07, 6.45) is 0.668. The largest absolute Gasteiger partial charge is 0.279 e. The number of imidazole rings is 1. The van der Waals surface area contributed by atoms with Crippen LogP contribution in [0.4, 0.5) is 0 Å². The van der Waals surface area contributed by atoms with E-state index < -0.39 is 0 Å². The zero-order valence-electron chi connectivity index (χ0n) is 11.9. The van der Waals surface area contributed by atoms with Gasteiger partial charge in [0.25, 0.3) is 0 Å². The molecule has 0 fully saturated rings. The summed E-state index contributed by atoms with van der Waals surface area (Å²) in [6.45, 7) is 4.01. The monoisotopic (exact) mass is 319 g/mol. The average Bonchev–Trinajstić information content (AvgIpc) is 2.79. The molecule has 2 heterocycles. The first-order chi connectivity index (χ1) is 10.1. The molecule has 0 radical (unpaired) electrons. The first-order valence-corrected chi connectivity index (χ1v) is 7.69. The molecular weight excluding hydrogens is 305 g/mol. The molecule has 0 saturated heterocycles.